The van der Waals surface area contributed by atoms with E-state index >= 15 is 0 Å². The van der Waals surface area contributed by atoms with Crippen LogP contribution in [0.5, 0.6) is 0 Å². The fourth-order valence-electron chi connectivity index (χ4n) is 3.62. The van der Waals surface area contributed by atoms with Crippen LogP contribution in [0, 0.1) is 10.1 Å². The fourth-order valence-corrected chi connectivity index (χ4v) is 3.62. The van der Waals surface area contributed by atoms with Gasteiger partial charge in [0.2, 0.25) is 11.6 Å². The number of aromatic nitrogens is 2. The summed E-state index contributed by atoms with van der Waals surface area (Å²) in [6.07, 6.45) is 1.27. The van der Waals surface area contributed by atoms with Gasteiger partial charge in [-0.2, -0.15) is 10.2 Å². The largest absolute Gasteiger partial charge is 0.355 e. The lowest BCUT2D eigenvalue weighted by atomic mass is 10.2. The van der Waals surface area contributed by atoms with Crippen molar-refractivity contribution in [2.75, 3.05) is 15.8 Å². The summed E-state index contributed by atoms with van der Waals surface area (Å²) in [6, 6.07) is 35.3. The van der Waals surface area contributed by atoms with E-state index in [1.54, 1.807) is 29.3 Å². The third-order valence-electron chi connectivity index (χ3n) is 5.42. The molecule has 0 spiro atoms. The van der Waals surface area contributed by atoms with Gasteiger partial charge in [-0.05, 0) is 60.7 Å². The number of anilines is 5. The predicted octanol–water partition coefficient (Wildman–Crippen LogP) is 7.71. The monoisotopic (exact) mass is 502 g/mol. The van der Waals surface area contributed by atoms with Crippen molar-refractivity contribution in [3.63, 3.8) is 0 Å². The number of azo groups is 1. The van der Waals surface area contributed by atoms with Gasteiger partial charge in [0.05, 0.1) is 27.7 Å². The molecule has 0 bridgehead atoms. The molecular weight excluding hydrogens is 480 g/mol. The zero-order valence-electron chi connectivity index (χ0n) is 20.0. The van der Waals surface area contributed by atoms with Crippen molar-refractivity contribution in [3.8, 4) is 0 Å². The van der Waals surface area contributed by atoms with Crippen molar-refractivity contribution in [1.29, 1.82) is 0 Å². The average molecular weight is 503 g/mol. The Morgan fingerprint density at radius 2 is 1.16 bits per heavy atom. The van der Waals surface area contributed by atoms with Crippen LogP contribution in [-0.2, 0) is 0 Å². The normalized spacial score (nSPS) is 10.7. The molecule has 0 saturated carbocycles. The highest BCUT2D eigenvalue weighted by molar-refractivity contribution is 5.77. The lowest BCUT2D eigenvalue weighted by Gasteiger charge is -2.26. The van der Waals surface area contributed by atoms with Crippen LogP contribution in [0.2, 0.25) is 0 Å². The minimum atomic E-state index is -0.513. The van der Waals surface area contributed by atoms with Crippen LogP contribution in [0.25, 0.3) is 0 Å². The van der Waals surface area contributed by atoms with E-state index in [0.717, 1.165) is 17.1 Å². The molecule has 0 fully saturated rings. The summed E-state index contributed by atoms with van der Waals surface area (Å²) in [4.78, 5) is 20.0. The molecular formula is C28H22N8O2. The van der Waals surface area contributed by atoms with E-state index < -0.39 is 4.92 Å². The Hall–Kier alpha value is -5.64. The quantitative estimate of drug-likeness (QED) is 0.120. The maximum atomic E-state index is 12.2. The molecule has 5 aromatic rings. The predicted molar refractivity (Wildman–Crippen MR) is 148 cm³/mol. The molecule has 5 rings (SSSR count). The van der Waals surface area contributed by atoms with Crippen molar-refractivity contribution in [1.82, 2.24) is 9.97 Å². The first-order valence-electron chi connectivity index (χ1n) is 11.7. The number of nitro groups is 1. The van der Waals surface area contributed by atoms with Gasteiger partial charge in [-0.15, -0.1) is 0 Å². The molecule has 0 amide bonds. The van der Waals surface area contributed by atoms with Gasteiger partial charge in [-0.3, -0.25) is 20.5 Å². The molecule has 0 saturated heterocycles. The molecule has 4 aromatic carbocycles. The summed E-state index contributed by atoms with van der Waals surface area (Å²) in [6.45, 7) is 0. The van der Waals surface area contributed by atoms with Gasteiger partial charge in [0.1, 0.15) is 6.33 Å². The highest BCUT2D eigenvalue weighted by Gasteiger charge is 2.25. The maximum Gasteiger partial charge on any atom is 0.355 e. The van der Waals surface area contributed by atoms with Crippen LogP contribution in [0.4, 0.5) is 45.8 Å². The van der Waals surface area contributed by atoms with Crippen molar-refractivity contribution >= 4 is 45.8 Å². The molecule has 1 aromatic heterocycles. The van der Waals surface area contributed by atoms with Crippen LogP contribution < -0.4 is 15.8 Å². The van der Waals surface area contributed by atoms with Gasteiger partial charge in [0.25, 0.3) is 0 Å². The third kappa shape index (κ3) is 5.77. The van der Waals surface area contributed by atoms with Crippen LogP contribution in [0.3, 0.4) is 0 Å². The topological polar surface area (TPSA) is 121 Å². The van der Waals surface area contributed by atoms with Crippen LogP contribution in [-0.4, -0.2) is 14.9 Å². The average Bonchev–Trinajstić information content (AvgIpc) is 2.97. The number of benzene rings is 4. The Bertz CT molecular complexity index is 1490. The van der Waals surface area contributed by atoms with Crippen LogP contribution in [0.1, 0.15) is 0 Å². The minimum Gasteiger partial charge on any atom is -0.334 e. The molecule has 0 atom stereocenters. The minimum absolute atomic E-state index is 0.0356. The fraction of sp³-hybridized carbons (Fsp3) is 0. The van der Waals surface area contributed by atoms with E-state index in [4.69, 9.17) is 0 Å². The number of rotatable bonds is 9. The first-order valence-corrected chi connectivity index (χ1v) is 11.7. The van der Waals surface area contributed by atoms with Crippen molar-refractivity contribution in [2.24, 2.45) is 10.2 Å². The van der Waals surface area contributed by atoms with E-state index in [1.807, 2.05) is 91.0 Å². The molecule has 0 aliphatic heterocycles. The third-order valence-corrected chi connectivity index (χ3v) is 5.42. The molecule has 38 heavy (non-hydrogen) atoms. The van der Waals surface area contributed by atoms with Gasteiger partial charge < -0.3 is 5.32 Å². The first kappa shape index (κ1) is 24.1. The Balaban J connectivity index is 1.41. The van der Waals surface area contributed by atoms with E-state index in [9.17, 15) is 10.1 Å². The number of nitrogens with zero attached hydrogens (tertiary/aromatic N) is 6. The molecule has 0 aliphatic carbocycles. The first-order chi connectivity index (χ1) is 18.7. The summed E-state index contributed by atoms with van der Waals surface area (Å²) < 4.78 is 0. The van der Waals surface area contributed by atoms with Gasteiger partial charge >= 0.3 is 5.69 Å². The van der Waals surface area contributed by atoms with Gasteiger partial charge in [0.15, 0.2) is 0 Å². The summed E-state index contributed by atoms with van der Waals surface area (Å²) in [5.74, 6) is 0.0840. The van der Waals surface area contributed by atoms with Gasteiger partial charge in [0, 0.05) is 5.69 Å². The second-order valence-corrected chi connectivity index (χ2v) is 8.00. The Morgan fingerprint density at radius 1 is 0.658 bits per heavy atom. The summed E-state index contributed by atoms with van der Waals surface area (Å²) in [7, 11) is 0. The summed E-state index contributed by atoms with van der Waals surface area (Å²) in [5, 5.41) is 25.3. The van der Waals surface area contributed by atoms with Crippen molar-refractivity contribution in [2.45, 2.75) is 0 Å². The molecule has 0 aliphatic rings. The van der Waals surface area contributed by atoms with E-state index in [2.05, 4.69) is 30.9 Å². The van der Waals surface area contributed by atoms with Crippen molar-refractivity contribution in [3.05, 3.63) is 132 Å². The van der Waals surface area contributed by atoms with Crippen LogP contribution in [0.15, 0.2) is 132 Å². The molecule has 2 N–H and O–H groups in total. The second-order valence-electron chi connectivity index (χ2n) is 8.00. The number of nitrogens with one attached hydrogen (secondary N) is 2. The highest BCUT2D eigenvalue weighted by Crippen LogP contribution is 2.34. The van der Waals surface area contributed by atoms with Gasteiger partial charge in [-0.1, -0.05) is 54.6 Å². The Kier molecular flexibility index (Phi) is 7.22. The lowest BCUT2D eigenvalue weighted by Crippen LogP contribution is -2.26. The lowest BCUT2D eigenvalue weighted by molar-refractivity contribution is -0.383. The van der Waals surface area contributed by atoms with Crippen molar-refractivity contribution < 1.29 is 4.92 Å². The SMILES string of the molecule is O=[N+]([O-])c1c(Nc2ccc(N=Nc3ccccc3)cc2)ncnc1NN(c1ccccc1)c1ccccc1. The number of hydrogen-bond acceptors (Lipinski definition) is 9. The number of para-hydroxylation sites is 2. The molecule has 10 nitrogen and oxygen atoms in total. The second kappa shape index (κ2) is 11.4. The van der Waals surface area contributed by atoms with Crippen LogP contribution >= 0.6 is 0 Å². The zero-order chi connectivity index (χ0) is 26.2. The van der Waals surface area contributed by atoms with E-state index in [0.29, 0.717) is 11.4 Å². The zero-order valence-corrected chi connectivity index (χ0v) is 20.0. The Labute approximate surface area is 218 Å². The number of hydrogen-bond donors (Lipinski definition) is 2. The smallest absolute Gasteiger partial charge is 0.334 e. The molecule has 186 valence electrons. The van der Waals surface area contributed by atoms with E-state index in [-0.39, 0.29) is 17.3 Å². The Morgan fingerprint density at radius 3 is 1.71 bits per heavy atom. The van der Waals surface area contributed by atoms with E-state index in [1.165, 1.54) is 6.33 Å². The summed E-state index contributed by atoms with van der Waals surface area (Å²) >= 11 is 0. The molecule has 10 heteroatoms. The summed E-state index contributed by atoms with van der Waals surface area (Å²) in [5.41, 5.74) is 6.34. The number of hydrazine groups is 1. The van der Waals surface area contributed by atoms with Gasteiger partial charge in [-0.25, -0.2) is 9.97 Å². The molecule has 0 unspecified atom stereocenters. The standard InChI is InChI=1S/C28H22N8O2/c37-36(38)26-27(31-21-16-18-23(19-17-21)33-32-22-10-4-1-5-11-22)29-20-30-28(26)34-35(24-12-6-2-7-13-24)25-14-8-3-9-15-25/h1-20H,(H2,29,30,31,34). The molecule has 1 heterocycles. The molecule has 0 radical (unpaired) electrons. The maximum absolute atomic E-state index is 12.2. The highest BCUT2D eigenvalue weighted by atomic mass is 16.6.